The summed E-state index contributed by atoms with van der Waals surface area (Å²) < 4.78 is 11.1. The average Bonchev–Trinajstić information content (AvgIpc) is 2.88. The SMILES string of the molecule is CC(C)C[C@H](NC(=O)[C@H](Cc1ccc(OCc2ccccn2)cc1)NC(=O)N1CCOCC1)B(O)O. The molecule has 0 bridgehead atoms. The number of nitrogens with one attached hydrogen (secondary N) is 2. The van der Waals surface area contributed by atoms with E-state index in [0.29, 0.717) is 45.1 Å². The Morgan fingerprint density at radius 1 is 1.11 bits per heavy atom. The number of carbonyl (C=O) groups excluding carboxylic acids is 2. The van der Waals surface area contributed by atoms with Gasteiger partial charge in [-0.3, -0.25) is 9.78 Å². The van der Waals surface area contributed by atoms with Gasteiger partial charge >= 0.3 is 13.1 Å². The molecule has 0 radical (unpaired) electrons. The Hall–Kier alpha value is -3.15. The highest BCUT2D eigenvalue weighted by molar-refractivity contribution is 6.43. The van der Waals surface area contributed by atoms with Gasteiger partial charge in [0.05, 0.1) is 24.8 Å². The third kappa shape index (κ3) is 8.82. The summed E-state index contributed by atoms with van der Waals surface area (Å²) >= 11 is 0. The molecular formula is C25H35BN4O6. The van der Waals surface area contributed by atoms with Crippen molar-refractivity contribution >= 4 is 19.1 Å². The van der Waals surface area contributed by atoms with Gasteiger partial charge in [0.2, 0.25) is 5.91 Å². The monoisotopic (exact) mass is 498 g/mol. The molecule has 4 N–H and O–H groups in total. The van der Waals surface area contributed by atoms with Gasteiger partial charge in [-0.05, 0) is 42.2 Å². The maximum absolute atomic E-state index is 13.2. The Bertz CT molecular complexity index is 955. The fraction of sp³-hybridized carbons (Fsp3) is 0.480. The smallest absolute Gasteiger partial charge is 0.475 e. The summed E-state index contributed by atoms with van der Waals surface area (Å²) in [4.78, 5) is 31.8. The molecule has 1 saturated heterocycles. The zero-order valence-corrected chi connectivity index (χ0v) is 20.8. The third-order valence-electron chi connectivity index (χ3n) is 5.80. The number of urea groups is 1. The van der Waals surface area contributed by atoms with Gasteiger partial charge in [0.15, 0.2) is 0 Å². The maximum Gasteiger partial charge on any atom is 0.475 e. The van der Waals surface area contributed by atoms with Crippen LogP contribution < -0.4 is 15.4 Å². The lowest BCUT2D eigenvalue weighted by atomic mass is 9.75. The number of nitrogens with zero attached hydrogens (tertiary/aromatic N) is 2. The minimum Gasteiger partial charge on any atom is -0.487 e. The molecule has 36 heavy (non-hydrogen) atoms. The Morgan fingerprint density at radius 3 is 2.44 bits per heavy atom. The van der Waals surface area contributed by atoms with Gasteiger partial charge < -0.3 is 35.1 Å². The number of hydrogen-bond donors (Lipinski definition) is 4. The first-order valence-electron chi connectivity index (χ1n) is 12.2. The number of aromatic nitrogens is 1. The summed E-state index contributed by atoms with van der Waals surface area (Å²) in [6.45, 7) is 5.95. The number of ether oxygens (including phenoxy) is 2. The van der Waals surface area contributed by atoms with Crippen LogP contribution in [0, 0.1) is 5.92 Å². The van der Waals surface area contributed by atoms with Crippen molar-refractivity contribution in [3.8, 4) is 5.75 Å². The molecule has 194 valence electrons. The lowest BCUT2D eigenvalue weighted by Crippen LogP contribution is -2.57. The Morgan fingerprint density at radius 2 is 1.83 bits per heavy atom. The van der Waals surface area contributed by atoms with Gasteiger partial charge in [-0.25, -0.2) is 4.79 Å². The second-order valence-corrected chi connectivity index (χ2v) is 9.22. The maximum atomic E-state index is 13.2. The topological polar surface area (TPSA) is 133 Å². The largest absolute Gasteiger partial charge is 0.487 e. The normalized spacial score (nSPS) is 15.2. The van der Waals surface area contributed by atoms with E-state index in [-0.39, 0.29) is 18.4 Å². The minimum atomic E-state index is -1.71. The first kappa shape index (κ1) is 27.4. The van der Waals surface area contributed by atoms with Gasteiger partial charge in [0, 0.05) is 25.7 Å². The predicted octanol–water partition coefficient (Wildman–Crippen LogP) is 1.16. The molecule has 1 aromatic heterocycles. The molecular weight excluding hydrogens is 463 g/mol. The molecule has 3 rings (SSSR count). The van der Waals surface area contributed by atoms with E-state index in [9.17, 15) is 19.6 Å². The standard InChI is InChI=1S/C25H35BN4O6/c1-18(2)15-23(26(33)34)29-24(31)22(28-25(32)30-11-13-35-14-12-30)16-19-6-8-21(9-7-19)36-17-20-5-3-4-10-27-20/h3-10,18,22-23,33-34H,11-17H2,1-2H3,(H,28,32)(H,29,31)/t22-,23-/m0/s1. The molecule has 1 aromatic carbocycles. The van der Waals surface area contributed by atoms with Crippen LogP contribution in [0.15, 0.2) is 48.7 Å². The zero-order valence-electron chi connectivity index (χ0n) is 20.8. The lowest BCUT2D eigenvalue weighted by Gasteiger charge is -2.30. The van der Waals surface area contributed by atoms with Crippen LogP contribution in [0.2, 0.25) is 0 Å². The van der Waals surface area contributed by atoms with Crippen LogP contribution in [0.3, 0.4) is 0 Å². The van der Waals surface area contributed by atoms with E-state index >= 15 is 0 Å². The van der Waals surface area contributed by atoms with Crippen LogP contribution in [0.5, 0.6) is 5.75 Å². The summed E-state index contributed by atoms with van der Waals surface area (Å²) in [5.74, 6) is -0.534. The van der Waals surface area contributed by atoms with E-state index in [0.717, 1.165) is 11.3 Å². The van der Waals surface area contributed by atoms with E-state index in [1.54, 1.807) is 23.2 Å². The molecule has 1 aliphatic rings. The Labute approximate surface area is 212 Å². The van der Waals surface area contributed by atoms with E-state index < -0.39 is 25.0 Å². The van der Waals surface area contributed by atoms with Crippen LogP contribution in [-0.2, 0) is 22.6 Å². The number of carbonyl (C=O) groups is 2. The zero-order chi connectivity index (χ0) is 25.9. The molecule has 1 fully saturated rings. The summed E-state index contributed by atoms with van der Waals surface area (Å²) in [5.41, 5.74) is 1.62. The summed E-state index contributed by atoms with van der Waals surface area (Å²) in [5, 5.41) is 25.0. The van der Waals surface area contributed by atoms with Crippen molar-refractivity contribution < 1.29 is 29.1 Å². The van der Waals surface area contributed by atoms with Gasteiger partial charge in [-0.2, -0.15) is 0 Å². The van der Waals surface area contributed by atoms with E-state index in [1.807, 2.05) is 44.2 Å². The first-order chi connectivity index (χ1) is 17.3. The molecule has 10 nitrogen and oxygen atoms in total. The quantitative estimate of drug-likeness (QED) is 0.342. The van der Waals surface area contributed by atoms with Crippen molar-refractivity contribution in [1.82, 2.24) is 20.5 Å². The average molecular weight is 498 g/mol. The van der Waals surface area contributed by atoms with Crippen molar-refractivity contribution in [1.29, 1.82) is 0 Å². The minimum absolute atomic E-state index is 0.136. The molecule has 0 unspecified atom stereocenters. The van der Waals surface area contributed by atoms with Crippen LogP contribution >= 0.6 is 0 Å². The number of morpholine rings is 1. The highest BCUT2D eigenvalue weighted by Gasteiger charge is 2.31. The van der Waals surface area contributed by atoms with Crippen molar-refractivity contribution in [2.45, 2.75) is 45.3 Å². The summed E-state index contributed by atoms with van der Waals surface area (Å²) in [6.07, 6.45) is 2.31. The number of hydrogen-bond acceptors (Lipinski definition) is 7. The summed E-state index contributed by atoms with van der Waals surface area (Å²) in [7, 11) is -1.71. The number of rotatable bonds is 11. The second-order valence-electron chi connectivity index (χ2n) is 9.22. The van der Waals surface area contributed by atoms with Crippen molar-refractivity contribution in [3.63, 3.8) is 0 Å². The van der Waals surface area contributed by atoms with E-state index in [2.05, 4.69) is 15.6 Å². The molecule has 1 aliphatic heterocycles. The van der Waals surface area contributed by atoms with Gasteiger partial charge in [0.1, 0.15) is 18.4 Å². The van der Waals surface area contributed by atoms with Crippen LogP contribution in [0.25, 0.3) is 0 Å². The molecule has 0 spiro atoms. The second kappa shape index (κ2) is 13.8. The number of amides is 3. The van der Waals surface area contributed by atoms with E-state index in [1.165, 1.54) is 0 Å². The van der Waals surface area contributed by atoms with Crippen molar-refractivity contribution in [2.75, 3.05) is 26.3 Å². The van der Waals surface area contributed by atoms with Crippen LogP contribution in [0.1, 0.15) is 31.5 Å². The number of benzene rings is 1. The Kier molecular flexibility index (Phi) is 10.5. The molecule has 2 heterocycles. The molecule has 2 aromatic rings. The van der Waals surface area contributed by atoms with Crippen molar-refractivity contribution in [3.05, 3.63) is 59.9 Å². The van der Waals surface area contributed by atoms with Crippen LogP contribution in [-0.4, -0.2) is 77.3 Å². The van der Waals surface area contributed by atoms with Gasteiger partial charge in [-0.15, -0.1) is 0 Å². The van der Waals surface area contributed by atoms with Gasteiger partial charge in [0.25, 0.3) is 0 Å². The van der Waals surface area contributed by atoms with E-state index in [4.69, 9.17) is 9.47 Å². The molecule has 0 aliphatic carbocycles. The van der Waals surface area contributed by atoms with Crippen LogP contribution in [0.4, 0.5) is 4.79 Å². The first-order valence-corrected chi connectivity index (χ1v) is 12.2. The summed E-state index contributed by atoms with van der Waals surface area (Å²) in [6, 6.07) is 11.6. The molecule has 11 heteroatoms. The van der Waals surface area contributed by atoms with Gasteiger partial charge in [-0.1, -0.05) is 32.0 Å². The molecule has 3 amide bonds. The Balaban J connectivity index is 1.67. The van der Waals surface area contributed by atoms with Crippen molar-refractivity contribution in [2.24, 2.45) is 5.92 Å². The highest BCUT2D eigenvalue weighted by Crippen LogP contribution is 2.16. The predicted molar refractivity (Wildman–Crippen MR) is 135 cm³/mol. The number of pyridine rings is 1. The fourth-order valence-electron chi connectivity index (χ4n) is 3.86. The molecule has 2 atom stereocenters. The third-order valence-corrected chi connectivity index (χ3v) is 5.80. The molecule has 0 saturated carbocycles. The lowest BCUT2D eigenvalue weighted by molar-refractivity contribution is -0.123. The highest BCUT2D eigenvalue weighted by atomic mass is 16.5. The fourth-order valence-corrected chi connectivity index (χ4v) is 3.86.